The Bertz CT molecular complexity index is 497. The van der Waals surface area contributed by atoms with Gasteiger partial charge in [-0.2, -0.15) is 0 Å². The Kier molecular flexibility index (Phi) is 3.86. The summed E-state index contributed by atoms with van der Waals surface area (Å²) in [5.41, 5.74) is 3.52. The topological polar surface area (TPSA) is 12.0 Å². The second-order valence-electron chi connectivity index (χ2n) is 3.58. The smallest absolute Gasteiger partial charge is 0.0533 e. The van der Waals surface area contributed by atoms with Gasteiger partial charge < -0.3 is 5.32 Å². The molecule has 1 N–H and O–H groups in total. The van der Waals surface area contributed by atoms with Gasteiger partial charge in [0.05, 0.1) is 5.69 Å². The van der Waals surface area contributed by atoms with E-state index >= 15 is 0 Å². The summed E-state index contributed by atoms with van der Waals surface area (Å²) in [6.45, 7) is 2.11. The highest BCUT2D eigenvalue weighted by Gasteiger charge is 2.04. The number of para-hydroxylation sites is 1. The molecule has 0 heterocycles. The van der Waals surface area contributed by atoms with Crippen LogP contribution >= 0.6 is 38.5 Å². The summed E-state index contributed by atoms with van der Waals surface area (Å²) in [4.78, 5) is 0. The molecule has 0 bridgehead atoms. The van der Waals surface area contributed by atoms with E-state index in [0.717, 1.165) is 15.8 Å². The molecule has 0 saturated carbocycles. The second-order valence-corrected chi connectivity index (χ2v) is 5.57. The zero-order valence-corrected chi connectivity index (χ0v) is 12.5. The van der Waals surface area contributed by atoms with Crippen LogP contribution in [0.2, 0.25) is 0 Å². The SMILES string of the molecule is Cc1cc(Br)cc(Nc2ccccc2)c1I. The molecule has 0 amide bonds. The fourth-order valence-electron chi connectivity index (χ4n) is 1.49. The quantitative estimate of drug-likeness (QED) is 0.706. The van der Waals surface area contributed by atoms with Gasteiger partial charge in [0.1, 0.15) is 0 Å². The Balaban J connectivity index is 2.35. The largest absolute Gasteiger partial charge is 0.355 e. The number of halogens is 2. The Morgan fingerprint density at radius 2 is 1.81 bits per heavy atom. The maximum atomic E-state index is 3.52. The molecule has 0 aliphatic heterocycles. The minimum atomic E-state index is 1.10. The van der Waals surface area contributed by atoms with Crippen molar-refractivity contribution >= 4 is 49.9 Å². The van der Waals surface area contributed by atoms with Gasteiger partial charge in [0.2, 0.25) is 0 Å². The third-order valence-electron chi connectivity index (χ3n) is 2.27. The summed E-state index contributed by atoms with van der Waals surface area (Å²) in [6.07, 6.45) is 0. The molecule has 3 heteroatoms. The van der Waals surface area contributed by atoms with Crippen molar-refractivity contribution < 1.29 is 0 Å². The molecule has 2 aromatic carbocycles. The Morgan fingerprint density at radius 3 is 2.50 bits per heavy atom. The van der Waals surface area contributed by atoms with E-state index in [1.807, 2.05) is 18.2 Å². The lowest BCUT2D eigenvalue weighted by atomic mass is 10.2. The second kappa shape index (κ2) is 5.19. The lowest BCUT2D eigenvalue weighted by Gasteiger charge is -2.11. The molecule has 16 heavy (non-hydrogen) atoms. The van der Waals surface area contributed by atoms with Crippen LogP contribution in [0, 0.1) is 10.5 Å². The van der Waals surface area contributed by atoms with Gasteiger partial charge in [-0.25, -0.2) is 0 Å². The minimum Gasteiger partial charge on any atom is -0.355 e. The Labute approximate surface area is 118 Å². The fourth-order valence-corrected chi connectivity index (χ4v) is 2.51. The number of rotatable bonds is 2. The summed E-state index contributed by atoms with van der Waals surface area (Å²) < 4.78 is 2.36. The van der Waals surface area contributed by atoms with Gasteiger partial charge in [0, 0.05) is 13.7 Å². The van der Waals surface area contributed by atoms with Gasteiger partial charge in [-0.15, -0.1) is 0 Å². The highest BCUT2D eigenvalue weighted by atomic mass is 127. The Morgan fingerprint density at radius 1 is 1.12 bits per heavy atom. The number of anilines is 2. The van der Waals surface area contributed by atoms with E-state index in [0.29, 0.717) is 0 Å². The van der Waals surface area contributed by atoms with Gasteiger partial charge in [-0.05, 0) is 59.3 Å². The van der Waals surface area contributed by atoms with Gasteiger partial charge in [-0.1, -0.05) is 34.1 Å². The third-order valence-corrected chi connectivity index (χ3v) is 4.16. The molecule has 2 aromatic rings. The first-order valence-electron chi connectivity index (χ1n) is 4.94. The van der Waals surface area contributed by atoms with Crippen molar-refractivity contribution in [3.63, 3.8) is 0 Å². The van der Waals surface area contributed by atoms with Crippen molar-refractivity contribution in [1.82, 2.24) is 0 Å². The molecule has 0 spiro atoms. The van der Waals surface area contributed by atoms with Gasteiger partial charge in [0.15, 0.2) is 0 Å². The molecule has 82 valence electrons. The Hall–Kier alpha value is -0.550. The molecular formula is C13H11BrIN. The molecule has 0 aliphatic carbocycles. The predicted molar refractivity (Wildman–Crippen MR) is 81.3 cm³/mol. The molecule has 1 nitrogen and oxygen atoms in total. The van der Waals surface area contributed by atoms with Crippen LogP contribution in [0.25, 0.3) is 0 Å². The molecule has 0 saturated heterocycles. The van der Waals surface area contributed by atoms with E-state index in [9.17, 15) is 0 Å². The highest BCUT2D eigenvalue weighted by molar-refractivity contribution is 14.1. The number of aryl methyl sites for hydroxylation is 1. The van der Waals surface area contributed by atoms with Crippen molar-refractivity contribution in [3.05, 3.63) is 56.1 Å². The lowest BCUT2D eigenvalue weighted by molar-refractivity contribution is 1.39. The van der Waals surface area contributed by atoms with Gasteiger partial charge >= 0.3 is 0 Å². The average molecular weight is 388 g/mol. The van der Waals surface area contributed by atoms with Crippen molar-refractivity contribution in [2.45, 2.75) is 6.92 Å². The van der Waals surface area contributed by atoms with Crippen LogP contribution < -0.4 is 5.32 Å². The van der Waals surface area contributed by atoms with Crippen molar-refractivity contribution in [2.24, 2.45) is 0 Å². The van der Waals surface area contributed by atoms with Crippen molar-refractivity contribution in [3.8, 4) is 0 Å². The highest BCUT2D eigenvalue weighted by Crippen LogP contribution is 2.29. The molecule has 0 radical (unpaired) electrons. The maximum absolute atomic E-state index is 3.52. The van der Waals surface area contributed by atoms with E-state index in [2.05, 4.69) is 75.0 Å². The van der Waals surface area contributed by atoms with Crippen molar-refractivity contribution in [2.75, 3.05) is 5.32 Å². The predicted octanol–water partition coefficient (Wildman–Crippen LogP) is 5.11. The number of benzene rings is 2. The summed E-state index contributed by atoms with van der Waals surface area (Å²) in [6, 6.07) is 14.4. The average Bonchev–Trinajstić information content (AvgIpc) is 2.27. The first kappa shape index (κ1) is 11.9. The maximum Gasteiger partial charge on any atom is 0.0533 e. The molecule has 2 rings (SSSR count). The van der Waals surface area contributed by atoms with E-state index in [1.165, 1.54) is 9.13 Å². The van der Waals surface area contributed by atoms with Crippen LogP contribution in [-0.2, 0) is 0 Å². The van der Waals surface area contributed by atoms with Crippen LogP contribution in [0.3, 0.4) is 0 Å². The zero-order valence-electron chi connectivity index (χ0n) is 8.80. The minimum absolute atomic E-state index is 1.10. The normalized spacial score (nSPS) is 10.2. The fraction of sp³-hybridized carbons (Fsp3) is 0.0769. The zero-order chi connectivity index (χ0) is 11.5. The summed E-state index contributed by atoms with van der Waals surface area (Å²) >= 11 is 5.88. The molecular weight excluding hydrogens is 377 g/mol. The molecule has 0 atom stereocenters. The van der Waals surface area contributed by atoms with Crippen molar-refractivity contribution in [1.29, 1.82) is 0 Å². The summed E-state index contributed by atoms with van der Waals surface area (Å²) in [7, 11) is 0. The van der Waals surface area contributed by atoms with E-state index < -0.39 is 0 Å². The number of hydrogen-bond donors (Lipinski definition) is 1. The van der Waals surface area contributed by atoms with Gasteiger partial charge in [-0.3, -0.25) is 0 Å². The van der Waals surface area contributed by atoms with Gasteiger partial charge in [0.25, 0.3) is 0 Å². The van der Waals surface area contributed by atoms with E-state index in [4.69, 9.17) is 0 Å². The molecule has 0 fully saturated rings. The van der Waals surface area contributed by atoms with Crippen LogP contribution in [0.1, 0.15) is 5.56 Å². The number of nitrogens with one attached hydrogen (secondary N) is 1. The van der Waals surface area contributed by atoms with Crippen LogP contribution in [-0.4, -0.2) is 0 Å². The van der Waals surface area contributed by atoms with E-state index in [1.54, 1.807) is 0 Å². The van der Waals surface area contributed by atoms with Crippen LogP contribution in [0.15, 0.2) is 46.9 Å². The first-order valence-corrected chi connectivity index (χ1v) is 6.82. The summed E-state index contributed by atoms with van der Waals surface area (Å²) in [5.74, 6) is 0. The van der Waals surface area contributed by atoms with Crippen LogP contribution in [0.4, 0.5) is 11.4 Å². The molecule has 0 aromatic heterocycles. The van der Waals surface area contributed by atoms with E-state index in [-0.39, 0.29) is 0 Å². The first-order chi connectivity index (χ1) is 7.66. The number of hydrogen-bond acceptors (Lipinski definition) is 1. The molecule has 0 aliphatic rings. The molecule has 0 unspecified atom stereocenters. The summed E-state index contributed by atoms with van der Waals surface area (Å²) in [5, 5.41) is 3.42. The monoisotopic (exact) mass is 387 g/mol. The lowest BCUT2D eigenvalue weighted by Crippen LogP contribution is -1.94. The standard InChI is InChI=1S/C13H11BrIN/c1-9-7-10(14)8-12(13(9)15)16-11-5-3-2-4-6-11/h2-8,16H,1H3. The third kappa shape index (κ3) is 2.77. The van der Waals surface area contributed by atoms with Crippen LogP contribution in [0.5, 0.6) is 0 Å².